The minimum Gasteiger partial charge on any atom is -0.433 e. The summed E-state index contributed by atoms with van der Waals surface area (Å²) >= 11 is 0. The second-order valence-corrected chi connectivity index (χ2v) is 2.95. The van der Waals surface area contributed by atoms with Crippen molar-refractivity contribution in [2.75, 3.05) is 19.8 Å². The molecule has 14 heavy (non-hydrogen) atoms. The normalized spacial score (nSPS) is 20.1. The van der Waals surface area contributed by atoms with E-state index in [4.69, 9.17) is 14.7 Å². The first-order valence-corrected chi connectivity index (χ1v) is 4.61. The van der Waals surface area contributed by atoms with Gasteiger partial charge in [-0.05, 0) is 12.8 Å². The van der Waals surface area contributed by atoms with Gasteiger partial charge in [0.25, 0.3) is 0 Å². The van der Waals surface area contributed by atoms with Gasteiger partial charge in [-0.1, -0.05) is 0 Å². The number of nitrogens with zero attached hydrogens (tertiary/aromatic N) is 1. The van der Waals surface area contributed by atoms with Gasteiger partial charge in [0.15, 0.2) is 0 Å². The molecule has 0 amide bonds. The molecule has 0 spiro atoms. The van der Waals surface area contributed by atoms with Crippen molar-refractivity contribution in [1.29, 1.82) is 5.26 Å². The molecule has 0 aromatic rings. The molecular formula is C9H13NO4. The molecule has 0 aromatic carbocycles. The summed E-state index contributed by atoms with van der Waals surface area (Å²) in [5, 5.41) is 8.18. The standard InChI is InChI=1S/C9H13NO4/c10-4-2-6-13-9(11)14-7-8-3-1-5-12-8/h8H,1-3,5-7H2. The van der Waals surface area contributed by atoms with Crippen molar-refractivity contribution in [3.8, 4) is 6.07 Å². The van der Waals surface area contributed by atoms with Gasteiger partial charge in [-0.25, -0.2) is 4.79 Å². The third-order valence-electron chi connectivity index (χ3n) is 1.84. The number of rotatable bonds is 4. The zero-order valence-corrected chi connectivity index (χ0v) is 7.90. The van der Waals surface area contributed by atoms with Gasteiger partial charge in [-0.2, -0.15) is 5.26 Å². The van der Waals surface area contributed by atoms with E-state index in [-0.39, 0.29) is 25.7 Å². The molecule has 78 valence electrons. The fourth-order valence-electron chi connectivity index (χ4n) is 1.16. The Morgan fingerprint density at radius 3 is 3.07 bits per heavy atom. The molecule has 1 fully saturated rings. The number of carbonyl (C=O) groups is 1. The van der Waals surface area contributed by atoms with Crippen molar-refractivity contribution in [2.45, 2.75) is 25.4 Å². The van der Waals surface area contributed by atoms with Crippen LogP contribution in [0.4, 0.5) is 4.79 Å². The highest BCUT2D eigenvalue weighted by Crippen LogP contribution is 2.12. The summed E-state index contributed by atoms with van der Waals surface area (Å²) in [7, 11) is 0. The first-order chi connectivity index (χ1) is 6.83. The molecule has 1 atom stereocenters. The molecule has 0 aliphatic carbocycles. The minimum absolute atomic E-state index is 0.0125. The van der Waals surface area contributed by atoms with Crippen LogP contribution in [0.25, 0.3) is 0 Å². The summed E-state index contributed by atoms with van der Waals surface area (Å²) in [6.07, 6.45) is 1.41. The molecule has 0 saturated carbocycles. The van der Waals surface area contributed by atoms with E-state index in [1.165, 1.54) is 0 Å². The highest BCUT2D eigenvalue weighted by Gasteiger charge is 2.17. The molecule has 1 aliphatic rings. The van der Waals surface area contributed by atoms with Crippen LogP contribution in [-0.4, -0.2) is 32.1 Å². The van der Waals surface area contributed by atoms with E-state index >= 15 is 0 Å². The predicted molar refractivity (Wildman–Crippen MR) is 46.5 cm³/mol. The van der Waals surface area contributed by atoms with E-state index in [2.05, 4.69) is 4.74 Å². The van der Waals surface area contributed by atoms with Crippen molar-refractivity contribution in [2.24, 2.45) is 0 Å². The van der Waals surface area contributed by atoms with Gasteiger partial charge in [0.1, 0.15) is 13.2 Å². The quantitative estimate of drug-likeness (QED) is 0.503. The molecule has 1 unspecified atom stereocenters. The number of hydrogen-bond donors (Lipinski definition) is 0. The Labute approximate surface area is 82.5 Å². The lowest BCUT2D eigenvalue weighted by molar-refractivity contribution is 0.00887. The minimum atomic E-state index is -0.726. The van der Waals surface area contributed by atoms with Crippen LogP contribution in [0.15, 0.2) is 0 Å². The Bertz CT molecular complexity index is 217. The van der Waals surface area contributed by atoms with Gasteiger partial charge in [-0.15, -0.1) is 0 Å². The highest BCUT2D eigenvalue weighted by atomic mass is 16.7. The Morgan fingerprint density at radius 1 is 1.57 bits per heavy atom. The molecular weight excluding hydrogens is 186 g/mol. The molecule has 0 N–H and O–H groups in total. The number of ether oxygens (including phenoxy) is 3. The average Bonchev–Trinajstić information content (AvgIpc) is 2.68. The molecule has 1 rings (SSSR count). The van der Waals surface area contributed by atoms with Crippen LogP contribution in [0.2, 0.25) is 0 Å². The summed E-state index contributed by atoms with van der Waals surface area (Å²) in [5.41, 5.74) is 0. The molecule has 0 bridgehead atoms. The SMILES string of the molecule is N#CCCOC(=O)OCC1CCCO1. The summed E-state index contributed by atoms with van der Waals surface area (Å²) in [6, 6.07) is 1.86. The van der Waals surface area contributed by atoms with Gasteiger partial charge < -0.3 is 14.2 Å². The Balaban J connectivity index is 2.00. The van der Waals surface area contributed by atoms with Crippen LogP contribution < -0.4 is 0 Å². The van der Waals surface area contributed by atoms with Gasteiger partial charge in [0.05, 0.1) is 18.6 Å². The van der Waals surface area contributed by atoms with Gasteiger partial charge in [-0.3, -0.25) is 0 Å². The molecule has 1 aliphatic heterocycles. The molecule has 5 nitrogen and oxygen atoms in total. The Hall–Kier alpha value is -1.28. The maximum Gasteiger partial charge on any atom is 0.508 e. The monoisotopic (exact) mass is 199 g/mol. The number of carbonyl (C=O) groups excluding carboxylic acids is 1. The van der Waals surface area contributed by atoms with Crippen molar-refractivity contribution in [3.63, 3.8) is 0 Å². The summed E-state index contributed by atoms with van der Waals surface area (Å²) < 4.78 is 14.6. The molecule has 5 heteroatoms. The van der Waals surface area contributed by atoms with Crippen LogP contribution in [0, 0.1) is 11.3 Å². The summed E-state index contributed by atoms with van der Waals surface area (Å²) in [5.74, 6) is 0. The van der Waals surface area contributed by atoms with Crippen LogP contribution in [-0.2, 0) is 14.2 Å². The van der Waals surface area contributed by atoms with Crippen molar-refractivity contribution < 1.29 is 19.0 Å². The van der Waals surface area contributed by atoms with Gasteiger partial charge >= 0.3 is 6.16 Å². The fourth-order valence-corrected chi connectivity index (χ4v) is 1.16. The zero-order valence-electron chi connectivity index (χ0n) is 7.90. The summed E-state index contributed by atoms with van der Waals surface area (Å²) in [4.78, 5) is 10.9. The summed E-state index contributed by atoms with van der Waals surface area (Å²) in [6.45, 7) is 1.06. The number of nitriles is 1. The topological polar surface area (TPSA) is 68.5 Å². The number of hydrogen-bond acceptors (Lipinski definition) is 5. The van der Waals surface area contributed by atoms with Crippen LogP contribution >= 0.6 is 0 Å². The maximum absolute atomic E-state index is 10.9. The largest absolute Gasteiger partial charge is 0.508 e. The van der Waals surface area contributed by atoms with E-state index in [9.17, 15) is 4.79 Å². The Kier molecular flexibility index (Phi) is 4.79. The smallest absolute Gasteiger partial charge is 0.433 e. The highest BCUT2D eigenvalue weighted by molar-refractivity contribution is 5.59. The van der Waals surface area contributed by atoms with Crippen LogP contribution in [0.5, 0.6) is 0 Å². The van der Waals surface area contributed by atoms with Crippen molar-refractivity contribution >= 4 is 6.16 Å². The lowest BCUT2D eigenvalue weighted by Crippen LogP contribution is -2.18. The van der Waals surface area contributed by atoms with Crippen LogP contribution in [0.3, 0.4) is 0 Å². The van der Waals surface area contributed by atoms with Gasteiger partial charge in [0, 0.05) is 6.61 Å². The molecule has 1 heterocycles. The molecule has 0 aromatic heterocycles. The third-order valence-corrected chi connectivity index (χ3v) is 1.84. The lowest BCUT2D eigenvalue weighted by Gasteiger charge is -2.09. The molecule has 0 radical (unpaired) electrons. The predicted octanol–water partition coefficient (Wildman–Crippen LogP) is 1.23. The van der Waals surface area contributed by atoms with Crippen LogP contribution in [0.1, 0.15) is 19.3 Å². The maximum atomic E-state index is 10.9. The second-order valence-electron chi connectivity index (χ2n) is 2.95. The second kappa shape index (κ2) is 6.22. The fraction of sp³-hybridized carbons (Fsp3) is 0.778. The third kappa shape index (κ3) is 4.10. The molecule has 1 saturated heterocycles. The van der Waals surface area contributed by atoms with Crippen molar-refractivity contribution in [1.82, 2.24) is 0 Å². The Morgan fingerprint density at radius 2 is 2.43 bits per heavy atom. The van der Waals surface area contributed by atoms with Gasteiger partial charge in [0.2, 0.25) is 0 Å². The van der Waals surface area contributed by atoms with E-state index in [1.54, 1.807) is 0 Å². The zero-order chi connectivity index (χ0) is 10.2. The van der Waals surface area contributed by atoms with E-state index in [0.29, 0.717) is 0 Å². The lowest BCUT2D eigenvalue weighted by atomic mass is 10.2. The van der Waals surface area contributed by atoms with E-state index in [0.717, 1.165) is 19.4 Å². The van der Waals surface area contributed by atoms with Crippen molar-refractivity contribution in [3.05, 3.63) is 0 Å². The average molecular weight is 199 g/mol. The first kappa shape index (κ1) is 10.8. The van der Waals surface area contributed by atoms with E-state index in [1.807, 2.05) is 6.07 Å². The van der Waals surface area contributed by atoms with E-state index < -0.39 is 6.16 Å². The first-order valence-electron chi connectivity index (χ1n) is 4.61.